The van der Waals surface area contributed by atoms with E-state index in [0.717, 1.165) is 6.42 Å². The molecule has 0 spiro atoms. The Labute approximate surface area is 88.5 Å². The van der Waals surface area contributed by atoms with Crippen LogP contribution in [0.15, 0.2) is 18.3 Å². The van der Waals surface area contributed by atoms with E-state index >= 15 is 0 Å². The summed E-state index contributed by atoms with van der Waals surface area (Å²) in [5.41, 5.74) is 6.61. The molecule has 0 fully saturated rings. The Morgan fingerprint density at radius 1 is 1.67 bits per heavy atom. The lowest BCUT2D eigenvalue weighted by atomic mass is 9.96. The third-order valence-electron chi connectivity index (χ3n) is 2.56. The molecule has 0 aliphatic rings. The Morgan fingerprint density at radius 2 is 2.33 bits per heavy atom. The number of nitrogens with zero attached hydrogens (tertiary/aromatic N) is 2. The molecule has 1 heterocycles. The largest absolute Gasteiger partial charge is 0.327 e. The van der Waals surface area contributed by atoms with Crippen molar-refractivity contribution in [3.8, 4) is 0 Å². The van der Waals surface area contributed by atoms with Crippen molar-refractivity contribution in [1.82, 2.24) is 4.98 Å². The molecule has 0 saturated carbocycles. The topological polar surface area (TPSA) is 82.0 Å². The summed E-state index contributed by atoms with van der Waals surface area (Å²) >= 11 is 0. The van der Waals surface area contributed by atoms with E-state index in [0.29, 0.717) is 5.69 Å². The summed E-state index contributed by atoms with van der Waals surface area (Å²) in [4.78, 5) is 14.2. The zero-order valence-electron chi connectivity index (χ0n) is 8.88. The van der Waals surface area contributed by atoms with Gasteiger partial charge >= 0.3 is 0 Å². The number of pyridine rings is 1. The quantitative estimate of drug-likeness (QED) is 0.605. The van der Waals surface area contributed by atoms with E-state index in [1.807, 2.05) is 13.8 Å². The molecule has 0 radical (unpaired) electrons. The summed E-state index contributed by atoms with van der Waals surface area (Å²) in [5, 5.41) is 10.6. The Kier molecular flexibility index (Phi) is 3.74. The fraction of sp³-hybridized carbons (Fsp3) is 0.500. The van der Waals surface area contributed by atoms with Gasteiger partial charge in [-0.15, -0.1) is 0 Å². The highest BCUT2D eigenvalue weighted by molar-refractivity contribution is 5.31. The van der Waals surface area contributed by atoms with Gasteiger partial charge in [0.25, 0.3) is 5.69 Å². The Morgan fingerprint density at radius 3 is 2.87 bits per heavy atom. The molecule has 1 rings (SSSR count). The van der Waals surface area contributed by atoms with E-state index < -0.39 is 4.92 Å². The van der Waals surface area contributed by atoms with Crippen LogP contribution in [0.4, 0.5) is 5.69 Å². The van der Waals surface area contributed by atoms with Gasteiger partial charge < -0.3 is 5.73 Å². The van der Waals surface area contributed by atoms with Gasteiger partial charge in [0.05, 0.1) is 10.6 Å². The SMILES string of the molecule is CCC(N)C(C)c1cc([N+](=O)[O-])ccn1. The molecule has 1 aromatic heterocycles. The number of aromatic nitrogens is 1. The average molecular weight is 209 g/mol. The number of nitro groups is 1. The maximum atomic E-state index is 10.6. The van der Waals surface area contributed by atoms with Crippen LogP contribution in [0.3, 0.4) is 0 Å². The van der Waals surface area contributed by atoms with Crippen molar-refractivity contribution in [3.63, 3.8) is 0 Å². The van der Waals surface area contributed by atoms with Gasteiger partial charge in [-0.05, 0) is 6.42 Å². The molecule has 2 atom stereocenters. The van der Waals surface area contributed by atoms with Crippen molar-refractivity contribution in [2.24, 2.45) is 5.73 Å². The third-order valence-corrected chi connectivity index (χ3v) is 2.56. The summed E-state index contributed by atoms with van der Waals surface area (Å²) in [6.07, 6.45) is 2.28. The summed E-state index contributed by atoms with van der Waals surface area (Å²) in [6, 6.07) is 2.85. The van der Waals surface area contributed by atoms with Crippen molar-refractivity contribution >= 4 is 5.69 Å². The number of nitrogens with two attached hydrogens (primary N) is 1. The third kappa shape index (κ3) is 2.73. The van der Waals surface area contributed by atoms with E-state index in [4.69, 9.17) is 5.73 Å². The van der Waals surface area contributed by atoms with Crippen LogP contribution in [0.25, 0.3) is 0 Å². The first-order chi connectivity index (χ1) is 7.06. The van der Waals surface area contributed by atoms with Gasteiger partial charge in [0, 0.05) is 30.3 Å². The van der Waals surface area contributed by atoms with Gasteiger partial charge in [0.15, 0.2) is 0 Å². The summed E-state index contributed by atoms with van der Waals surface area (Å²) in [6.45, 7) is 3.92. The van der Waals surface area contributed by atoms with E-state index in [-0.39, 0.29) is 17.6 Å². The predicted octanol–water partition coefficient (Wildman–Crippen LogP) is 1.83. The maximum absolute atomic E-state index is 10.6. The van der Waals surface area contributed by atoms with Crippen LogP contribution in [0, 0.1) is 10.1 Å². The predicted molar refractivity (Wildman–Crippen MR) is 57.6 cm³/mol. The Balaban J connectivity index is 2.94. The highest BCUT2D eigenvalue weighted by Gasteiger charge is 2.17. The first-order valence-electron chi connectivity index (χ1n) is 4.92. The van der Waals surface area contributed by atoms with Gasteiger partial charge in [0.2, 0.25) is 0 Å². The van der Waals surface area contributed by atoms with E-state index in [9.17, 15) is 10.1 Å². The highest BCUT2D eigenvalue weighted by atomic mass is 16.6. The second-order valence-corrected chi connectivity index (χ2v) is 3.56. The fourth-order valence-electron chi connectivity index (χ4n) is 1.37. The summed E-state index contributed by atoms with van der Waals surface area (Å²) in [7, 11) is 0. The number of hydrogen-bond acceptors (Lipinski definition) is 4. The minimum Gasteiger partial charge on any atom is -0.327 e. The second kappa shape index (κ2) is 4.84. The molecule has 2 unspecified atom stereocenters. The fourth-order valence-corrected chi connectivity index (χ4v) is 1.37. The van der Waals surface area contributed by atoms with Crippen LogP contribution >= 0.6 is 0 Å². The van der Waals surface area contributed by atoms with E-state index in [2.05, 4.69) is 4.98 Å². The van der Waals surface area contributed by atoms with Crippen LogP contribution < -0.4 is 5.73 Å². The minimum absolute atomic E-state index is 0.0143. The molecular weight excluding hydrogens is 194 g/mol. The molecule has 1 aromatic rings. The molecule has 5 heteroatoms. The molecule has 82 valence electrons. The van der Waals surface area contributed by atoms with E-state index in [1.54, 1.807) is 0 Å². The zero-order chi connectivity index (χ0) is 11.4. The second-order valence-electron chi connectivity index (χ2n) is 3.56. The lowest BCUT2D eigenvalue weighted by Crippen LogP contribution is -2.26. The normalized spacial score (nSPS) is 14.6. The monoisotopic (exact) mass is 209 g/mol. The zero-order valence-corrected chi connectivity index (χ0v) is 8.88. The Bertz CT molecular complexity index is 354. The first kappa shape index (κ1) is 11.6. The molecule has 5 nitrogen and oxygen atoms in total. The van der Waals surface area contributed by atoms with Gasteiger partial charge in [-0.3, -0.25) is 15.1 Å². The van der Waals surface area contributed by atoms with Crippen LogP contribution in [0.1, 0.15) is 31.9 Å². The first-order valence-corrected chi connectivity index (χ1v) is 4.92. The van der Waals surface area contributed by atoms with Crippen molar-refractivity contribution in [2.75, 3.05) is 0 Å². The molecule has 0 aliphatic carbocycles. The van der Waals surface area contributed by atoms with Crippen LogP contribution in [-0.2, 0) is 0 Å². The lowest BCUT2D eigenvalue weighted by molar-refractivity contribution is -0.385. The van der Waals surface area contributed by atoms with Crippen LogP contribution in [0.2, 0.25) is 0 Å². The van der Waals surface area contributed by atoms with E-state index in [1.165, 1.54) is 18.3 Å². The lowest BCUT2D eigenvalue weighted by Gasteiger charge is -2.17. The van der Waals surface area contributed by atoms with Gasteiger partial charge in [-0.1, -0.05) is 13.8 Å². The van der Waals surface area contributed by atoms with Crippen molar-refractivity contribution in [2.45, 2.75) is 32.2 Å². The van der Waals surface area contributed by atoms with Gasteiger partial charge in [-0.25, -0.2) is 0 Å². The average Bonchev–Trinajstić information content (AvgIpc) is 2.27. The molecule has 0 aliphatic heterocycles. The summed E-state index contributed by atoms with van der Waals surface area (Å²) in [5.74, 6) is 0.0369. The highest BCUT2D eigenvalue weighted by Crippen LogP contribution is 2.21. The number of hydrogen-bond donors (Lipinski definition) is 1. The minimum atomic E-state index is -0.421. The standard InChI is InChI=1S/C10H15N3O2/c1-3-9(11)7(2)10-6-8(13(14)15)4-5-12-10/h4-7,9H,3,11H2,1-2H3. The molecule has 2 N–H and O–H groups in total. The Hall–Kier alpha value is -1.49. The van der Waals surface area contributed by atoms with Gasteiger partial charge in [-0.2, -0.15) is 0 Å². The number of rotatable bonds is 4. The smallest absolute Gasteiger partial charge is 0.272 e. The molecular formula is C10H15N3O2. The molecule has 0 bridgehead atoms. The van der Waals surface area contributed by atoms with Crippen LogP contribution in [-0.4, -0.2) is 15.9 Å². The molecule has 0 aromatic carbocycles. The van der Waals surface area contributed by atoms with Crippen LogP contribution in [0.5, 0.6) is 0 Å². The maximum Gasteiger partial charge on any atom is 0.272 e. The van der Waals surface area contributed by atoms with Crippen molar-refractivity contribution in [3.05, 3.63) is 34.1 Å². The summed E-state index contributed by atoms with van der Waals surface area (Å²) < 4.78 is 0. The van der Waals surface area contributed by atoms with Crippen molar-refractivity contribution < 1.29 is 4.92 Å². The van der Waals surface area contributed by atoms with Gasteiger partial charge in [0.1, 0.15) is 0 Å². The molecule has 15 heavy (non-hydrogen) atoms. The van der Waals surface area contributed by atoms with Crippen molar-refractivity contribution in [1.29, 1.82) is 0 Å². The molecule has 0 amide bonds. The molecule has 0 saturated heterocycles.